The quantitative estimate of drug-likeness (QED) is 0.669. The van der Waals surface area contributed by atoms with Crippen molar-refractivity contribution >= 4 is 24.4 Å². The Morgan fingerprint density at radius 2 is 1.80 bits per heavy atom. The van der Waals surface area contributed by atoms with Crippen LogP contribution in [-0.4, -0.2) is 34.1 Å². The van der Waals surface area contributed by atoms with Gasteiger partial charge in [-0.3, -0.25) is 0 Å². The summed E-state index contributed by atoms with van der Waals surface area (Å²) in [5.74, 6) is 0. The van der Waals surface area contributed by atoms with Gasteiger partial charge in [0.15, 0.2) is 0 Å². The fourth-order valence-electron chi connectivity index (χ4n) is 3.81. The van der Waals surface area contributed by atoms with Crippen molar-refractivity contribution in [2.45, 2.75) is 44.7 Å². The summed E-state index contributed by atoms with van der Waals surface area (Å²) in [7, 11) is 0. The second kappa shape index (κ2) is 5.68. The van der Waals surface area contributed by atoms with Crippen LogP contribution in [0.3, 0.4) is 0 Å². The molecular weight excluding hydrogens is 379 g/mol. The summed E-state index contributed by atoms with van der Waals surface area (Å²) >= 11 is -0.0406. The van der Waals surface area contributed by atoms with Gasteiger partial charge in [0.1, 0.15) is 0 Å². The molecule has 4 rings (SSSR count). The number of hydrogen-bond donors (Lipinski definition) is 1. The van der Waals surface area contributed by atoms with Crippen molar-refractivity contribution in [1.29, 1.82) is 0 Å². The van der Waals surface area contributed by atoms with Crippen LogP contribution in [0.15, 0.2) is 53.3 Å². The Bertz CT molecular complexity index is 1000. The fraction of sp³-hybridized carbons (Fsp3) is 0.350. The van der Waals surface area contributed by atoms with Gasteiger partial charge in [0, 0.05) is 0 Å². The maximum absolute atomic E-state index is 12.8. The SMILES string of the molecule is CC1(C)CCC(C)(c2cccc(-n3[se]c4ccccc4c3=O)c2)N1O. The normalized spacial score (nSPS) is 23.4. The number of benzene rings is 2. The number of aromatic nitrogens is 1. The number of nitrogens with zero attached hydrogens (tertiary/aromatic N) is 2. The molecule has 2 aromatic carbocycles. The summed E-state index contributed by atoms with van der Waals surface area (Å²) in [4.78, 5) is 12.8. The zero-order valence-corrected chi connectivity index (χ0v) is 16.4. The number of hydroxylamine groups is 2. The molecule has 1 aliphatic rings. The van der Waals surface area contributed by atoms with E-state index >= 15 is 0 Å². The van der Waals surface area contributed by atoms with Gasteiger partial charge in [0.2, 0.25) is 0 Å². The Balaban J connectivity index is 1.83. The molecule has 1 aliphatic heterocycles. The van der Waals surface area contributed by atoms with Crippen molar-refractivity contribution in [3.05, 3.63) is 64.4 Å². The average molecular weight is 401 g/mol. The van der Waals surface area contributed by atoms with E-state index in [0.29, 0.717) is 0 Å². The molecule has 2 heterocycles. The van der Waals surface area contributed by atoms with E-state index in [2.05, 4.69) is 32.9 Å². The molecule has 1 fully saturated rings. The second-order valence-corrected chi connectivity index (χ2v) is 9.71. The molecule has 0 aliphatic carbocycles. The predicted molar refractivity (Wildman–Crippen MR) is 101 cm³/mol. The average Bonchev–Trinajstić information content (AvgIpc) is 3.06. The van der Waals surface area contributed by atoms with Crippen LogP contribution in [0, 0.1) is 0 Å². The van der Waals surface area contributed by atoms with Crippen LogP contribution in [0.5, 0.6) is 0 Å². The van der Waals surface area contributed by atoms with Crippen LogP contribution >= 0.6 is 0 Å². The van der Waals surface area contributed by atoms with E-state index in [0.717, 1.165) is 33.7 Å². The van der Waals surface area contributed by atoms with Crippen LogP contribution in [0.25, 0.3) is 15.3 Å². The van der Waals surface area contributed by atoms with Crippen molar-refractivity contribution in [2.75, 3.05) is 0 Å². The summed E-state index contributed by atoms with van der Waals surface area (Å²) in [6.07, 6.45) is 1.82. The van der Waals surface area contributed by atoms with Crippen molar-refractivity contribution in [3.63, 3.8) is 0 Å². The van der Waals surface area contributed by atoms with Gasteiger partial charge in [-0.25, -0.2) is 0 Å². The van der Waals surface area contributed by atoms with E-state index in [9.17, 15) is 10.0 Å². The van der Waals surface area contributed by atoms with E-state index in [1.165, 1.54) is 5.06 Å². The molecule has 25 heavy (non-hydrogen) atoms. The van der Waals surface area contributed by atoms with Gasteiger partial charge < -0.3 is 0 Å². The molecule has 0 bridgehead atoms. The number of rotatable bonds is 2. The first-order valence-electron chi connectivity index (χ1n) is 8.54. The summed E-state index contributed by atoms with van der Waals surface area (Å²) < 4.78 is 3.01. The molecular formula is C20H22N2O2Se. The molecule has 0 amide bonds. The third kappa shape index (κ3) is 2.54. The van der Waals surface area contributed by atoms with Crippen molar-refractivity contribution in [1.82, 2.24) is 8.63 Å². The van der Waals surface area contributed by atoms with E-state index in [-0.39, 0.29) is 25.8 Å². The van der Waals surface area contributed by atoms with Crippen LogP contribution in [0.1, 0.15) is 39.2 Å². The Labute approximate surface area is 153 Å². The van der Waals surface area contributed by atoms with E-state index in [1.54, 1.807) is 0 Å². The number of fused-ring (bicyclic) bond motifs is 1. The molecule has 0 spiro atoms. The second-order valence-electron chi connectivity index (χ2n) is 7.64. The Morgan fingerprint density at radius 3 is 2.48 bits per heavy atom. The van der Waals surface area contributed by atoms with E-state index in [1.807, 2.05) is 40.0 Å². The molecule has 1 atom stereocenters. The van der Waals surface area contributed by atoms with E-state index < -0.39 is 5.54 Å². The van der Waals surface area contributed by atoms with Crippen LogP contribution in [0.2, 0.25) is 0 Å². The molecule has 1 unspecified atom stereocenters. The zero-order valence-electron chi connectivity index (χ0n) is 14.7. The summed E-state index contributed by atoms with van der Waals surface area (Å²) in [5, 5.41) is 13.0. The zero-order chi connectivity index (χ0) is 17.8. The molecule has 1 aromatic heterocycles. The first-order chi connectivity index (χ1) is 11.8. The molecule has 3 aromatic rings. The van der Waals surface area contributed by atoms with Gasteiger partial charge in [-0.1, -0.05) is 0 Å². The van der Waals surface area contributed by atoms with Crippen LogP contribution in [0.4, 0.5) is 0 Å². The van der Waals surface area contributed by atoms with Crippen molar-refractivity contribution < 1.29 is 5.21 Å². The number of hydrogen-bond acceptors (Lipinski definition) is 3. The topological polar surface area (TPSA) is 45.5 Å². The third-order valence-corrected chi connectivity index (χ3v) is 7.79. The minimum absolute atomic E-state index is 0.0406. The molecule has 130 valence electrons. The van der Waals surface area contributed by atoms with Gasteiger partial charge in [-0.15, -0.1) is 0 Å². The van der Waals surface area contributed by atoms with Crippen LogP contribution < -0.4 is 5.56 Å². The summed E-state index contributed by atoms with van der Waals surface area (Å²) in [5.41, 5.74) is 1.37. The maximum atomic E-state index is 12.8. The Hall–Kier alpha value is -1.65. The monoisotopic (exact) mass is 402 g/mol. The van der Waals surface area contributed by atoms with Crippen molar-refractivity contribution in [3.8, 4) is 5.69 Å². The Morgan fingerprint density at radius 1 is 1.04 bits per heavy atom. The molecule has 5 heteroatoms. The first kappa shape index (κ1) is 16.8. The molecule has 4 nitrogen and oxygen atoms in total. The molecule has 1 saturated heterocycles. The summed E-state index contributed by atoms with van der Waals surface area (Å²) in [6.45, 7) is 6.20. The van der Waals surface area contributed by atoms with Gasteiger partial charge in [-0.05, 0) is 0 Å². The van der Waals surface area contributed by atoms with Gasteiger partial charge >= 0.3 is 153 Å². The van der Waals surface area contributed by atoms with Gasteiger partial charge in [0.25, 0.3) is 0 Å². The first-order valence-corrected chi connectivity index (χ1v) is 10.2. The van der Waals surface area contributed by atoms with Crippen molar-refractivity contribution in [2.24, 2.45) is 0 Å². The summed E-state index contributed by atoms with van der Waals surface area (Å²) in [6, 6.07) is 15.9. The van der Waals surface area contributed by atoms with Gasteiger partial charge in [0.05, 0.1) is 0 Å². The predicted octanol–water partition coefficient (Wildman–Crippen LogP) is 3.53. The standard InChI is InChI=1S/C20H22N2O2Se/c1-19(2)11-12-20(3,22(19)24)14-7-6-8-15(13-14)21-18(23)16-9-4-5-10-17(16)25-21/h4-10,13,24H,11-12H2,1-3H3. The molecule has 0 saturated carbocycles. The van der Waals surface area contributed by atoms with Gasteiger partial charge in [-0.2, -0.15) is 0 Å². The fourth-order valence-corrected chi connectivity index (χ4v) is 5.88. The molecule has 0 radical (unpaired) electrons. The molecule has 1 N–H and O–H groups in total. The minimum atomic E-state index is -0.428. The third-order valence-electron chi connectivity index (χ3n) is 5.46. The Kier molecular flexibility index (Phi) is 3.82. The van der Waals surface area contributed by atoms with Crippen LogP contribution in [-0.2, 0) is 5.54 Å². The van der Waals surface area contributed by atoms with E-state index in [4.69, 9.17) is 0 Å².